The number of amides is 1. The van der Waals surface area contributed by atoms with Gasteiger partial charge in [0.15, 0.2) is 0 Å². The molecular formula is C21H19NO2S. The molecule has 3 rings (SSSR count). The molecular weight excluding hydrogens is 330 g/mol. The zero-order valence-electron chi connectivity index (χ0n) is 13.9. The maximum atomic E-state index is 12.4. The van der Waals surface area contributed by atoms with E-state index in [1.165, 1.54) is 0 Å². The second-order valence-corrected chi connectivity index (χ2v) is 6.46. The van der Waals surface area contributed by atoms with E-state index in [4.69, 9.17) is 4.74 Å². The number of hydrogen-bond donors (Lipinski definition) is 1. The first kappa shape index (κ1) is 17.0. The van der Waals surface area contributed by atoms with Crippen LogP contribution in [0, 0.1) is 0 Å². The van der Waals surface area contributed by atoms with Crippen molar-refractivity contribution in [2.45, 2.75) is 6.04 Å². The normalized spacial score (nSPS) is 12.0. The summed E-state index contributed by atoms with van der Waals surface area (Å²) in [6.07, 6.45) is 3.34. The fourth-order valence-corrected chi connectivity index (χ4v) is 3.33. The molecule has 3 aromatic rings. The van der Waals surface area contributed by atoms with Gasteiger partial charge in [-0.3, -0.25) is 4.79 Å². The highest BCUT2D eigenvalue weighted by atomic mass is 32.1. The molecule has 0 aliphatic carbocycles. The quantitative estimate of drug-likeness (QED) is 0.657. The molecule has 0 aliphatic heterocycles. The van der Waals surface area contributed by atoms with Crippen LogP contribution in [0.25, 0.3) is 6.08 Å². The summed E-state index contributed by atoms with van der Waals surface area (Å²) in [5.74, 6) is 0.633. The minimum absolute atomic E-state index is 0.134. The number of carbonyl (C=O) groups excluding carboxylic acids is 1. The van der Waals surface area contributed by atoms with Crippen LogP contribution in [0.1, 0.15) is 22.0 Å². The smallest absolute Gasteiger partial charge is 0.244 e. The standard InChI is InChI=1S/C21H19NO2S/c1-24-18-10-5-7-16(15-18)12-13-20(23)22-21(19-11-6-14-25-19)17-8-3-2-4-9-17/h2-15,21H,1H3,(H,22,23)/b13-12+/t21-/m0/s1. The molecule has 0 unspecified atom stereocenters. The van der Waals surface area contributed by atoms with Crippen LogP contribution in [-0.4, -0.2) is 13.0 Å². The highest BCUT2D eigenvalue weighted by Crippen LogP contribution is 2.26. The molecule has 0 spiro atoms. The molecule has 0 saturated heterocycles. The van der Waals surface area contributed by atoms with E-state index >= 15 is 0 Å². The van der Waals surface area contributed by atoms with Gasteiger partial charge in [-0.05, 0) is 40.8 Å². The van der Waals surface area contributed by atoms with Crippen LogP contribution >= 0.6 is 11.3 Å². The monoisotopic (exact) mass is 349 g/mol. The Morgan fingerprint density at radius 2 is 1.92 bits per heavy atom. The number of rotatable bonds is 6. The molecule has 1 heterocycles. The average Bonchev–Trinajstić information content (AvgIpc) is 3.20. The van der Waals surface area contributed by atoms with Gasteiger partial charge in [-0.15, -0.1) is 11.3 Å². The second kappa shape index (κ2) is 8.31. The van der Waals surface area contributed by atoms with Crippen LogP contribution in [-0.2, 0) is 4.79 Å². The Morgan fingerprint density at radius 1 is 1.08 bits per heavy atom. The summed E-state index contributed by atoms with van der Waals surface area (Å²) in [7, 11) is 1.63. The Balaban J connectivity index is 1.75. The van der Waals surface area contributed by atoms with Crippen molar-refractivity contribution in [1.82, 2.24) is 5.32 Å². The number of methoxy groups -OCH3 is 1. The van der Waals surface area contributed by atoms with Gasteiger partial charge in [0.2, 0.25) is 5.91 Å². The van der Waals surface area contributed by atoms with Gasteiger partial charge in [-0.1, -0.05) is 48.5 Å². The summed E-state index contributed by atoms with van der Waals surface area (Å²) in [5, 5.41) is 5.11. The van der Waals surface area contributed by atoms with Crippen molar-refractivity contribution >= 4 is 23.3 Å². The molecule has 0 aliphatic rings. The zero-order valence-corrected chi connectivity index (χ0v) is 14.7. The number of benzene rings is 2. The molecule has 4 heteroatoms. The molecule has 0 radical (unpaired) electrons. The van der Waals surface area contributed by atoms with Gasteiger partial charge in [0.05, 0.1) is 13.2 Å². The largest absolute Gasteiger partial charge is 0.497 e. The fraction of sp³-hybridized carbons (Fsp3) is 0.0952. The first-order valence-electron chi connectivity index (χ1n) is 7.97. The molecule has 1 atom stereocenters. The number of carbonyl (C=O) groups is 1. The van der Waals surface area contributed by atoms with Crippen molar-refractivity contribution < 1.29 is 9.53 Å². The fourth-order valence-electron chi connectivity index (χ4n) is 2.53. The van der Waals surface area contributed by atoms with Gasteiger partial charge < -0.3 is 10.1 Å². The van der Waals surface area contributed by atoms with Crippen molar-refractivity contribution in [3.63, 3.8) is 0 Å². The van der Waals surface area contributed by atoms with Crippen LogP contribution in [0.5, 0.6) is 5.75 Å². The van der Waals surface area contributed by atoms with Gasteiger partial charge in [-0.25, -0.2) is 0 Å². The Bertz CT molecular complexity index is 841. The first-order chi connectivity index (χ1) is 12.3. The molecule has 0 bridgehead atoms. The molecule has 126 valence electrons. The average molecular weight is 349 g/mol. The summed E-state index contributed by atoms with van der Waals surface area (Å²) in [4.78, 5) is 13.5. The lowest BCUT2D eigenvalue weighted by atomic mass is 10.1. The number of hydrogen-bond acceptors (Lipinski definition) is 3. The molecule has 1 aromatic heterocycles. The minimum Gasteiger partial charge on any atom is -0.497 e. The van der Waals surface area contributed by atoms with E-state index in [-0.39, 0.29) is 11.9 Å². The van der Waals surface area contributed by atoms with E-state index in [0.29, 0.717) is 0 Å². The van der Waals surface area contributed by atoms with Crippen molar-refractivity contribution in [3.8, 4) is 5.75 Å². The summed E-state index contributed by atoms with van der Waals surface area (Å²) >= 11 is 1.63. The molecule has 2 aromatic carbocycles. The molecule has 3 nitrogen and oxygen atoms in total. The molecule has 1 N–H and O–H groups in total. The molecule has 0 fully saturated rings. The summed E-state index contributed by atoms with van der Waals surface area (Å²) in [6, 6.07) is 21.5. The lowest BCUT2D eigenvalue weighted by molar-refractivity contribution is -0.116. The van der Waals surface area contributed by atoms with Crippen LogP contribution in [0.15, 0.2) is 78.2 Å². The first-order valence-corrected chi connectivity index (χ1v) is 8.85. The lowest BCUT2D eigenvalue weighted by Crippen LogP contribution is -2.27. The van der Waals surface area contributed by atoms with Gasteiger partial charge in [0.25, 0.3) is 0 Å². The third kappa shape index (κ3) is 4.58. The van der Waals surface area contributed by atoms with Crippen molar-refractivity contribution in [2.24, 2.45) is 0 Å². The topological polar surface area (TPSA) is 38.3 Å². The Kier molecular flexibility index (Phi) is 5.65. The highest BCUT2D eigenvalue weighted by Gasteiger charge is 2.16. The highest BCUT2D eigenvalue weighted by molar-refractivity contribution is 7.10. The number of ether oxygens (including phenoxy) is 1. The van der Waals surface area contributed by atoms with Gasteiger partial charge in [-0.2, -0.15) is 0 Å². The maximum Gasteiger partial charge on any atom is 0.244 e. The van der Waals surface area contributed by atoms with Crippen molar-refractivity contribution in [2.75, 3.05) is 7.11 Å². The molecule has 1 amide bonds. The lowest BCUT2D eigenvalue weighted by Gasteiger charge is -2.17. The molecule has 25 heavy (non-hydrogen) atoms. The number of thiophene rings is 1. The molecule has 0 saturated carbocycles. The predicted octanol–water partition coefficient (Wildman–Crippen LogP) is 4.68. The van der Waals surface area contributed by atoms with Gasteiger partial charge in [0.1, 0.15) is 5.75 Å². The van der Waals surface area contributed by atoms with Crippen LogP contribution < -0.4 is 10.1 Å². The van der Waals surface area contributed by atoms with E-state index in [2.05, 4.69) is 5.32 Å². The Morgan fingerprint density at radius 3 is 2.64 bits per heavy atom. The van der Waals surface area contributed by atoms with Crippen LogP contribution in [0.2, 0.25) is 0 Å². The Labute approximate surface area is 151 Å². The zero-order chi connectivity index (χ0) is 17.5. The van der Waals surface area contributed by atoms with Crippen LogP contribution in [0.3, 0.4) is 0 Å². The van der Waals surface area contributed by atoms with Gasteiger partial charge in [0, 0.05) is 11.0 Å². The van der Waals surface area contributed by atoms with E-state index in [9.17, 15) is 4.79 Å². The Hall–Kier alpha value is -2.85. The predicted molar refractivity (Wildman–Crippen MR) is 103 cm³/mol. The summed E-state index contributed by atoms with van der Waals surface area (Å²) in [6.45, 7) is 0. The number of nitrogens with one attached hydrogen (secondary N) is 1. The van der Waals surface area contributed by atoms with E-state index < -0.39 is 0 Å². The third-order valence-electron chi connectivity index (χ3n) is 3.77. The summed E-state index contributed by atoms with van der Waals surface area (Å²) in [5.41, 5.74) is 1.98. The minimum atomic E-state index is -0.149. The van der Waals surface area contributed by atoms with Crippen molar-refractivity contribution in [1.29, 1.82) is 0 Å². The van der Waals surface area contributed by atoms with E-state index in [1.54, 1.807) is 30.6 Å². The maximum absolute atomic E-state index is 12.4. The SMILES string of the molecule is COc1cccc(/C=C/C(=O)N[C@@H](c2ccccc2)c2cccs2)c1. The van der Waals surface area contributed by atoms with Gasteiger partial charge >= 0.3 is 0 Å². The third-order valence-corrected chi connectivity index (χ3v) is 4.71. The van der Waals surface area contributed by atoms with E-state index in [1.807, 2.05) is 72.1 Å². The summed E-state index contributed by atoms with van der Waals surface area (Å²) < 4.78 is 5.20. The van der Waals surface area contributed by atoms with Crippen LogP contribution in [0.4, 0.5) is 0 Å². The van der Waals surface area contributed by atoms with E-state index in [0.717, 1.165) is 21.8 Å². The second-order valence-electron chi connectivity index (χ2n) is 5.48. The van der Waals surface area contributed by atoms with Crippen molar-refractivity contribution in [3.05, 3.63) is 94.2 Å².